The van der Waals surface area contributed by atoms with Crippen molar-refractivity contribution in [1.29, 1.82) is 0 Å². The van der Waals surface area contributed by atoms with Crippen molar-refractivity contribution in [3.05, 3.63) is 64.7 Å². The fourth-order valence-corrected chi connectivity index (χ4v) is 3.04. The van der Waals surface area contributed by atoms with Gasteiger partial charge in [0.2, 0.25) is 5.91 Å². The molecule has 0 fully saturated rings. The van der Waals surface area contributed by atoms with E-state index >= 15 is 0 Å². The van der Waals surface area contributed by atoms with E-state index in [9.17, 15) is 18.0 Å². The zero-order valence-corrected chi connectivity index (χ0v) is 14.1. The van der Waals surface area contributed by atoms with E-state index in [1.165, 1.54) is 17.8 Å². The molecule has 0 heterocycles. The lowest BCUT2D eigenvalue weighted by atomic mass is 10.1. The van der Waals surface area contributed by atoms with Crippen molar-refractivity contribution in [2.24, 2.45) is 0 Å². The summed E-state index contributed by atoms with van der Waals surface area (Å²) in [6.07, 6.45) is -4.08. The first kappa shape index (κ1) is 18.7. The number of carbonyl (C=O) groups is 1. The third-order valence-corrected chi connectivity index (χ3v) is 4.50. The SMILES string of the molecule is O=C(CCSCc1cccc(C(F)(F)F)c1)Nc1ccccc1Cl. The molecule has 1 amide bonds. The third-order valence-electron chi connectivity index (χ3n) is 3.14. The largest absolute Gasteiger partial charge is 0.416 e. The number of carbonyl (C=O) groups excluding carboxylic acids is 1. The third kappa shape index (κ3) is 5.76. The van der Waals surface area contributed by atoms with Gasteiger partial charge < -0.3 is 5.32 Å². The molecule has 0 saturated heterocycles. The number of hydrogen-bond acceptors (Lipinski definition) is 2. The van der Waals surface area contributed by atoms with Gasteiger partial charge in [0.25, 0.3) is 0 Å². The number of amides is 1. The van der Waals surface area contributed by atoms with Gasteiger partial charge in [-0.25, -0.2) is 0 Å². The smallest absolute Gasteiger partial charge is 0.325 e. The number of thioether (sulfide) groups is 1. The fourth-order valence-electron chi connectivity index (χ4n) is 1.97. The maximum atomic E-state index is 12.6. The average Bonchev–Trinajstić information content (AvgIpc) is 2.53. The van der Waals surface area contributed by atoms with E-state index in [2.05, 4.69) is 5.32 Å². The predicted octanol–water partition coefficient (Wildman–Crippen LogP) is 5.62. The van der Waals surface area contributed by atoms with Crippen LogP contribution >= 0.6 is 23.4 Å². The molecule has 0 aliphatic carbocycles. The van der Waals surface area contributed by atoms with E-state index in [1.54, 1.807) is 30.3 Å². The van der Waals surface area contributed by atoms with Crippen molar-refractivity contribution in [2.45, 2.75) is 18.3 Å². The first-order valence-corrected chi connectivity index (χ1v) is 8.68. The highest BCUT2D eigenvalue weighted by Crippen LogP contribution is 2.30. The highest BCUT2D eigenvalue weighted by atomic mass is 35.5. The van der Waals surface area contributed by atoms with Crippen LogP contribution in [0.2, 0.25) is 5.02 Å². The van der Waals surface area contributed by atoms with Crippen LogP contribution in [0, 0.1) is 0 Å². The van der Waals surface area contributed by atoms with Crippen LogP contribution in [0.3, 0.4) is 0 Å². The molecule has 0 aliphatic rings. The quantitative estimate of drug-likeness (QED) is 0.666. The lowest BCUT2D eigenvalue weighted by Gasteiger charge is -2.09. The molecular weight excluding hydrogens is 359 g/mol. The van der Waals surface area contributed by atoms with Gasteiger partial charge in [-0.2, -0.15) is 24.9 Å². The van der Waals surface area contributed by atoms with Crippen LogP contribution in [0.1, 0.15) is 17.5 Å². The Morgan fingerprint density at radius 3 is 2.58 bits per heavy atom. The topological polar surface area (TPSA) is 29.1 Å². The van der Waals surface area contributed by atoms with Crippen LogP contribution in [0.15, 0.2) is 48.5 Å². The number of nitrogens with one attached hydrogen (secondary N) is 1. The summed E-state index contributed by atoms with van der Waals surface area (Å²) in [6, 6.07) is 12.1. The number of benzene rings is 2. The monoisotopic (exact) mass is 373 g/mol. The van der Waals surface area contributed by atoms with Crippen LogP contribution in [0.5, 0.6) is 0 Å². The second-order valence-electron chi connectivity index (χ2n) is 5.03. The first-order valence-electron chi connectivity index (χ1n) is 7.14. The number of anilines is 1. The highest BCUT2D eigenvalue weighted by Gasteiger charge is 2.30. The maximum Gasteiger partial charge on any atom is 0.416 e. The summed E-state index contributed by atoms with van der Waals surface area (Å²) in [6.45, 7) is 0. The molecule has 2 aromatic rings. The normalized spacial score (nSPS) is 11.3. The van der Waals surface area contributed by atoms with Crippen molar-refractivity contribution < 1.29 is 18.0 Å². The highest BCUT2D eigenvalue weighted by molar-refractivity contribution is 7.98. The number of alkyl halides is 3. The molecule has 2 rings (SSSR count). The Hall–Kier alpha value is -1.66. The minimum absolute atomic E-state index is 0.181. The van der Waals surface area contributed by atoms with E-state index in [0.717, 1.165) is 12.1 Å². The van der Waals surface area contributed by atoms with E-state index in [0.29, 0.717) is 27.8 Å². The average molecular weight is 374 g/mol. The predicted molar refractivity (Wildman–Crippen MR) is 92.3 cm³/mol. The lowest BCUT2D eigenvalue weighted by molar-refractivity contribution is -0.137. The summed E-state index contributed by atoms with van der Waals surface area (Å²) < 4.78 is 37.9. The Labute approximate surface area is 147 Å². The molecule has 0 aromatic heterocycles. The second-order valence-corrected chi connectivity index (χ2v) is 6.54. The molecule has 2 aromatic carbocycles. The Kier molecular flexibility index (Phi) is 6.57. The van der Waals surface area contributed by atoms with Gasteiger partial charge >= 0.3 is 6.18 Å². The van der Waals surface area contributed by atoms with Crippen LogP contribution in [-0.2, 0) is 16.7 Å². The molecule has 0 radical (unpaired) electrons. The van der Waals surface area contributed by atoms with Gasteiger partial charge in [0.05, 0.1) is 16.3 Å². The zero-order valence-electron chi connectivity index (χ0n) is 12.6. The Bertz CT molecular complexity index is 706. The summed E-state index contributed by atoms with van der Waals surface area (Å²) in [5.74, 6) is 0.746. The van der Waals surface area contributed by atoms with Gasteiger partial charge in [0.15, 0.2) is 0 Å². The van der Waals surface area contributed by atoms with Crippen LogP contribution in [0.4, 0.5) is 18.9 Å². The van der Waals surface area contributed by atoms with Gasteiger partial charge in [-0.3, -0.25) is 4.79 Å². The van der Waals surface area contributed by atoms with Gasteiger partial charge in [0.1, 0.15) is 0 Å². The van der Waals surface area contributed by atoms with Crippen LogP contribution in [0.25, 0.3) is 0 Å². The fraction of sp³-hybridized carbons (Fsp3) is 0.235. The molecule has 0 atom stereocenters. The number of rotatable bonds is 6. The minimum Gasteiger partial charge on any atom is -0.325 e. The molecule has 0 saturated carbocycles. The molecular formula is C17H15ClF3NOS. The molecule has 0 bridgehead atoms. The van der Waals surface area contributed by atoms with E-state index < -0.39 is 11.7 Å². The zero-order chi connectivity index (χ0) is 17.6. The molecule has 7 heteroatoms. The summed E-state index contributed by atoms with van der Waals surface area (Å²) in [5.41, 5.74) is 0.477. The molecule has 24 heavy (non-hydrogen) atoms. The Morgan fingerprint density at radius 2 is 1.88 bits per heavy atom. The Morgan fingerprint density at radius 1 is 1.12 bits per heavy atom. The molecule has 0 aliphatic heterocycles. The van der Waals surface area contributed by atoms with Crippen molar-refractivity contribution in [3.8, 4) is 0 Å². The molecule has 2 nitrogen and oxygen atoms in total. The van der Waals surface area contributed by atoms with Crippen molar-refractivity contribution >= 4 is 35.0 Å². The van der Waals surface area contributed by atoms with Gasteiger partial charge in [0, 0.05) is 17.9 Å². The second kappa shape index (κ2) is 8.44. The number of hydrogen-bond donors (Lipinski definition) is 1. The van der Waals surface area contributed by atoms with Gasteiger partial charge in [-0.05, 0) is 23.8 Å². The first-order chi connectivity index (χ1) is 11.4. The van der Waals surface area contributed by atoms with Gasteiger partial charge in [-0.15, -0.1) is 0 Å². The molecule has 128 valence electrons. The number of para-hydroxylation sites is 1. The summed E-state index contributed by atoms with van der Waals surface area (Å²) >= 11 is 7.36. The summed E-state index contributed by atoms with van der Waals surface area (Å²) in [4.78, 5) is 11.8. The summed E-state index contributed by atoms with van der Waals surface area (Å²) in [5, 5.41) is 3.17. The minimum atomic E-state index is -4.34. The molecule has 0 spiro atoms. The van der Waals surface area contributed by atoms with Crippen molar-refractivity contribution in [3.63, 3.8) is 0 Å². The van der Waals surface area contributed by atoms with E-state index in [4.69, 9.17) is 11.6 Å². The lowest BCUT2D eigenvalue weighted by Crippen LogP contribution is -2.12. The van der Waals surface area contributed by atoms with Crippen LogP contribution < -0.4 is 5.32 Å². The summed E-state index contributed by atoms with van der Waals surface area (Å²) in [7, 11) is 0. The number of halogens is 4. The Balaban J connectivity index is 1.77. The van der Waals surface area contributed by atoms with Crippen molar-refractivity contribution in [2.75, 3.05) is 11.1 Å². The standard InChI is InChI=1S/C17H15ClF3NOS/c18-14-6-1-2-7-15(14)22-16(23)8-9-24-11-12-4-3-5-13(10-12)17(19,20)21/h1-7,10H,8-9,11H2,(H,22,23). The van der Waals surface area contributed by atoms with Crippen molar-refractivity contribution in [1.82, 2.24) is 0 Å². The molecule has 0 unspecified atom stereocenters. The van der Waals surface area contributed by atoms with Crippen LogP contribution in [-0.4, -0.2) is 11.7 Å². The van der Waals surface area contributed by atoms with E-state index in [-0.39, 0.29) is 12.3 Å². The molecule has 1 N–H and O–H groups in total. The van der Waals surface area contributed by atoms with Gasteiger partial charge in [-0.1, -0.05) is 41.9 Å². The maximum absolute atomic E-state index is 12.6. The van der Waals surface area contributed by atoms with E-state index in [1.807, 2.05) is 0 Å².